The topological polar surface area (TPSA) is 67.2 Å². The largest absolute Gasteiger partial charge is 0.379 e. The van der Waals surface area contributed by atoms with E-state index < -0.39 is 0 Å². The lowest BCUT2D eigenvalue weighted by atomic mass is 10.1. The molecule has 30 heavy (non-hydrogen) atoms. The Labute approximate surface area is 178 Å². The van der Waals surface area contributed by atoms with Gasteiger partial charge < -0.3 is 19.7 Å². The molecule has 0 spiro atoms. The number of aromatic nitrogens is 2. The summed E-state index contributed by atoms with van der Waals surface area (Å²) in [6, 6.07) is 8.65. The van der Waals surface area contributed by atoms with Crippen molar-refractivity contribution in [2.45, 2.75) is 19.2 Å². The SMILES string of the molecule is CN=C(NCc1ccccc1CN1CCOCC1)N1CCOC(c2cnn(C)c2)C1. The Morgan fingerprint density at radius 3 is 2.70 bits per heavy atom. The summed E-state index contributed by atoms with van der Waals surface area (Å²) in [5.41, 5.74) is 3.77. The molecule has 0 aliphatic carbocycles. The Balaban J connectivity index is 1.37. The molecule has 8 heteroatoms. The molecule has 2 fully saturated rings. The lowest BCUT2D eigenvalue weighted by Crippen LogP contribution is -2.48. The molecule has 2 aromatic rings. The standard InChI is InChI=1S/C22H32N6O2/c1-23-22(28-9-12-30-21(17-28)20-14-25-26(2)15-20)24-13-18-5-3-4-6-19(18)16-27-7-10-29-11-8-27/h3-6,14-15,21H,7-13,16-17H2,1-2H3,(H,23,24). The van der Waals surface area contributed by atoms with Gasteiger partial charge in [-0.05, 0) is 11.1 Å². The monoisotopic (exact) mass is 412 g/mol. The first-order chi connectivity index (χ1) is 14.7. The van der Waals surface area contributed by atoms with Crippen LogP contribution in [0.3, 0.4) is 0 Å². The van der Waals surface area contributed by atoms with E-state index in [9.17, 15) is 0 Å². The van der Waals surface area contributed by atoms with E-state index in [1.54, 1.807) is 0 Å². The van der Waals surface area contributed by atoms with Crippen molar-refractivity contribution >= 4 is 5.96 Å². The molecule has 4 rings (SSSR count). The molecular formula is C22H32N6O2. The van der Waals surface area contributed by atoms with Gasteiger partial charge in [0.2, 0.25) is 0 Å². The first-order valence-electron chi connectivity index (χ1n) is 10.7. The van der Waals surface area contributed by atoms with E-state index in [-0.39, 0.29) is 6.10 Å². The number of aliphatic imine (C=N–C) groups is 1. The highest BCUT2D eigenvalue weighted by atomic mass is 16.5. The molecule has 0 amide bonds. The van der Waals surface area contributed by atoms with Crippen LogP contribution in [0.1, 0.15) is 22.8 Å². The van der Waals surface area contributed by atoms with E-state index in [2.05, 4.69) is 49.5 Å². The summed E-state index contributed by atoms with van der Waals surface area (Å²) in [5.74, 6) is 0.911. The lowest BCUT2D eigenvalue weighted by molar-refractivity contribution is -0.00805. The van der Waals surface area contributed by atoms with Crippen molar-refractivity contribution in [2.75, 3.05) is 53.0 Å². The molecular weight excluding hydrogens is 380 g/mol. The highest BCUT2D eigenvalue weighted by Crippen LogP contribution is 2.22. The van der Waals surface area contributed by atoms with E-state index in [0.29, 0.717) is 6.61 Å². The van der Waals surface area contributed by atoms with Gasteiger partial charge >= 0.3 is 0 Å². The predicted molar refractivity (Wildman–Crippen MR) is 116 cm³/mol. The van der Waals surface area contributed by atoms with Gasteiger partial charge in [-0.3, -0.25) is 14.6 Å². The van der Waals surface area contributed by atoms with Gasteiger partial charge in [0.05, 0.1) is 32.6 Å². The third kappa shape index (κ3) is 5.19. The Hall–Kier alpha value is -2.42. The molecule has 8 nitrogen and oxygen atoms in total. The average Bonchev–Trinajstić information content (AvgIpc) is 3.23. The fourth-order valence-corrected chi connectivity index (χ4v) is 4.04. The maximum absolute atomic E-state index is 5.98. The molecule has 1 aromatic carbocycles. The number of rotatable bonds is 5. The van der Waals surface area contributed by atoms with E-state index in [4.69, 9.17) is 9.47 Å². The summed E-state index contributed by atoms with van der Waals surface area (Å²) >= 11 is 0. The van der Waals surface area contributed by atoms with Crippen molar-refractivity contribution in [3.8, 4) is 0 Å². The molecule has 1 unspecified atom stereocenters. The van der Waals surface area contributed by atoms with E-state index in [1.807, 2.05) is 31.2 Å². The van der Waals surface area contributed by atoms with Crippen molar-refractivity contribution < 1.29 is 9.47 Å². The van der Waals surface area contributed by atoms with Crippen LogP contribution in [0.5, 0.6) is 0 Å². The van der Waals surface area contributed by atoms with Crippen LogP contribution in [0.4, 0.5) is 0 Å². The van der Waals surface area contributed by atoms with Crippen molar-refractivity contribution in [3.05, 3.63) is 53.3 Å². The van der Waals surface area contributed by atoms with Crippen molar-refractivity contribution in [2.24, 2.45) is 12.0 Å². The summed E-state index contributed by atoms with van der Waals surface area (Å²) in [7, 11) is 3.77. The number of aryl methyl sites for hydroxylation is 1. The normalized spacial score (nSPS) is 21.1. The first-order valence-corrected chi connectivity index (χ1v) is 10.7. The average molecular weight is 413 g/mol. The van der Waals surface area contributed by atoms with Gasteiger partial charge in [0.25, 0.3) is 0 Å². The van der Waals surface area contributed by atoms with Gasteiger partial charge in [-0.2, -0.15) is 5.10 Å². The number of benzene rings is 1. The number of hydrogen-bond acceptors (Lipinski definition) is 5. The second kappa shape index (κ2) is 10.1. The van der Waals surface area contributed by atoms with E-state index >= 15 is 0 Å². The number of morpholine rings is 2. The first kappa shape index (κ1) is 20.8. The third-order valence-electron chi connectivity index (χ3n) is 5.73. The van der Waals surface area contributed by atoms with E-state index in [1.165, 1.54) is 11.1 Å². The fourth-order valence-electron chi connectivity index (χ4n) is 4.04. The zero-order valence-corrected chi connectivity index (χ0v) is 18.0. The van der Waals surface area contributed by atoms with Gasteiger partial charge in [-0.25, -0.2) is 0 Å². The Morgan fingerprint density at radius 1 is 1.17 bits per heavy atom. The summed E-state index contributed by atoms with van der Waals surface area (Å²) in [5, 5.41) is 7.84. The highest BCUT2D eigenvalue weighted by molar-refractivity contribution is 5.80. The summed E-state index contributed by atoms with van der Waals surface area (Å²) in [4.78, 5) is 9.26. The Bertz CT molecular complexity index is 846. The van der Waals surface area contributed by atoms with Crippen molar-refractivity contribution in [3.63, 3.8) is 0 Å². The number of ether oxygens (including phenoxy) is 2. The molecule has 1 N–H and O–H groups in total. The molecule has 1 atom stereocenters. The number of nitrogens with one attached hydrogen (secondary N) is 1. The van der Waals surface area contributed by atoms with E-state index in [0.717, 1.165) is 64.0 Å². The summed E-state index contributed by atoms with van der Waals surface area (Å²) in [6.45, 7) is 7.60. The van der Waals surface area contributed by atoms with Gasteiger partial charge in [0.15, 0.2) is 5.96 Å². The number of hydrogen-bond donors (Lipinski definition) is 1. The minimum Gasteiger partial charge on any atom is -0.379 e. The van der Waals surface area contributed by atoms with Crippen LogP contribution in [0.15, 0.2) is 41.7 Å². The minimum absolute atomic E-state index is 0.0135. The van der Waals surface area contributed by atoms with Crippen molar-refractivity contribution in [1.82, 2.24) is 24.9 Å². The molecule has 0 bridgehead atoms. The smallest absolute Gasteiger partial charge is 0.194 e. The number of nitrogens with zero attached hydrogens (tertiary/aromatic N) is 5. The quantitative estimate of drug-likeness (QED) is 0.592. The van der Waals surface area contributed by atoms with Gasteiger partial charge in [0, 0.05) is 58.6 Å². The zero-order chi connectivity index (χ0) is 20.8. The molecule has 3 heterocycles. The second-order valence-corrected chi connectivity index (χ2v) is 7.81. The third-order valence-corrected chi connectivity index (χ3v) is 5.73. The molecule has 0 saturated carbocycles. The van der Waals surface area contributed by atoms with Gasteiger partial charge in [-0.15, -0.1) is 0 Å². The highest BCUT2D eigenvalue weighted by Gasteiger charge is 2.25. The summed E-state index contributed by atoms with van der Waals surface area (Å²) < 4.78 is 13.3. The molecule has 2 aliphatic heterocycles. The van der Waals surface area contributed by atoms with Gasteiger partial charge in [-0.1, -0.05) is 24.3 Å². The number of guanidine groups is 1. The van der Waals surface area contributed by atoms with Crippen LogP contribution in [-0.2, 0) is 29.6 Å². The predicted octanol–water partition coefficient (Wildman–Crippen LogP) is 1.40. The molecule has 1 aromatic heterocycles. The Morgan fingerprint density at radius 2 is 1.97 bits per heavy atom. The van der Waals surface area contributed by atoms with Gasteiger partial charge in [0.1, 0.15) is 6.10 Å². The van der Waals surface area contributed by atoms with Crippen molar-refractivity contribution in [1.29, 1.82) is 0 Å². The van der Waals surface area contributed by atoms with Crippen LogP contribution in [-0.4, -0.2) is 78.6 Å². The Kier molecular flexibility index (Phi) is 6.99. The van der Waals surface area contributed by atoms with Crippen LogP contribution < -0.4 is 5.32 Å². The zero-order valence-electron chi connectivity index (χ0n) is 18.0. The molecule has 2 aliphatic rings. The molecule has 162 valence electrons. The van der Waals surface area contributed by atoms with Crippen LogP contribution in [0, 0.1) is 0 Å². The lowest BCUT2D eigenvalue weighted by Gasteiger charge is -2.35. The summed E-state index contributed by atoms with van der Waals surface area (Å²) in [6.07, 6.45) is 3.91. The minimum atomic E-state index is 0.0135. The van der Waals surface area contributed by atoms with Crippen LogP contribution in [0.2, 0.25) is 0 Å². The van der Waals surface area contributed by atoms with Crippen LogP contribution in [0.25, 0.3) is 0 Å². The maximum atomic E-state index is 5.98. The maximum Gasteiger partial charge on any atom is 0.194 e. The molecule has 2 saturated heterocycles. The van der Waals surface area contributed by atoms with Crippen LogP contribution >= 0.6 is 0 Å². The molecule has 0 radical (unpaired) electrons. The second-order valence-electron chi connectivity index (χ2n) is 7.81. The fraction of sp³-hybridized carbons (Fsp3) is 0.545.